The van der Waals surface area contributed by atoms with Gasteiger partial charge in [-0.1, -0.05) is 43.3 Å². The highest BCUT2D eigenvalue weighted by molar-refractivity contribution is 5.96. The van der Waals surface area contributed by atoms with Gasteiger partial charge in [0.15, 0.2) is 5.65 Å². The fourth-order valence-electron chi connectivity index (χ4n) is 4.25. The Labute approximate surface area is 225 Å². The Morgan fingerprint density at radius 3 is 2.44 bits per heavy atom. The quantitative estimate of drug-likeness (QED) is 0.275. The molecule has 2 heterocycles. The summed E-state index contributed by atoms with van der Waals surface area (Å²) in [5.41, 5.74) is 6.76. The summed E-state index contributed by atoms with van der Waals surface area (Å²) in [6.45, 7) is 2.07. The first kappa shape index (κ1) is 25.6. The summed E-state index contributed by atoms with van der Waals surface area (Å²) in [7, 11) is 2.95. The maximum absolute atomic E-state index is 13.2. The fraction of sp³-hybridized carbons (Fsp3) is 0.133. The number of anilines is 2. The predicted octanol–water partition coefficient (Wildman–Crippen LogP) is 5.05. The third-order valence-corrected chi connectivity index (χ3v) is 6.35. The molecule has 1 amide bonds. The zero-order valence-electron chi connectivity index (χ0n) is 21.8. The average Bonchev–Trinajstić information content (AvgIpc) is 2.98. The number of amides is 1. The van der Waals surface area contributed by atoms with Gasteiger partial charge in [-0.05, 0) is 59.5 Å². The van der Waals surface area contributed by atoms with Crippen LogP contribution in [0.2, 0.25) is 0 Å². The van der Waals surface area contributed by atoms with Crippen LogP contribution in [0.3, 0.4) is 0 Å². The summed E-state index contributed by atoms with van der Waals surface area (Å²) in [4.78, 5) is 39.5. The highest BCUT2D eigenvalue weighted by Gasteiger charge is 2.18. The molecule has 0 saturated heterocycles. The molecule has 0 unspecified atom stereocenters. The largest absolute Gasteiger partial charge is 0.497 e. The van der Waals surface area contributed by atoms with E-state index in [1.54, 1.807) is 11.7 Å². The molecule has 2 aromatic heterocycles. The molecule has 0 aliphatic heterocycles. The SMILES string of the molecule is CCc1ccc(-n2cc(C(=O)NOC)c(=O)c3cnc(Nc4ccc(-c5cccc(OC)c5)cc4)nc32)cc1. The number of carbonyl (C=O) groups is 1. The highest BCUT2D eigenvalue weighted by atomic mass is 16.6. The number of benzene rings is 3. The Kier molecular flexibility index (Phi) is 7.33. The van der Waals surface area contributed by atoms with E-state index in [0.717, 1.165) is 40.2 Å². The molecule has 0 radical (unpaired) electrons. The van der Waals surface area contributed by atoms with Crippen LogP contribution in [0, 0.1) is 0 Å². The summed E-state index contributed by atoms with van der Waals surface area (Å²) >= 11 is 0. The first-order valence-electron chi connectivity index (χ1n) is 12.4. The minimum absolute atomic E-state index is 0.0821. The Bertz CT molecular complexity index is 1700. The molecule has 5 aromatic rings. The first-order valence-corrected chi connectivity index (χ1v) is 12.4. The molecule has 0 aliphatic rings. The maximum Gasteiger partial charge on any atom is 0.280 e. The molecule has 5 rings (SSSR count). The van der Waals surface area contributed by atoms with E-state index in [2.05, 4.69) is 27.7 Å². The predicted molar refractivity (Wildman–Crippen MR) is 151 cm³/mol. The topological polar surface area (TPSA) is 107 Å². The van der Waals surface area contributed by atoms with E-state index in [1.807, 2.05) is 72.8 Å². The Morgan fingerprint density at radius 1 is 0.974 bits per heavy atom. The Hall–Kier alpha value is -5.02. The van der Waals surface area contributed by atoms with Crippen LogP contribution in [0.4, 0.5) is 11.6 Å². The lowest BCUT2D eigenvalue weighted by Crippen LogP contribution is -2.29. The second kappa shape index (κ2) is 11.2. The van der Waals surface area contributed by atoms with Gasteiger partial charge in [-0.25, -0.2) is 10.5 Å². The number of pyridine rings is 1. The third kappa shape index (κ3) is 5.34. The molecule has 0 atom stereocenters. The van der Waals surface area contributed by atoms with Crippen LogP contribution in [0.25, 0.3) is 27.8 Å². The molecule has 0 spiro atoms. The van der Waals surface area contributed by atoms with Gasteiger partial charge in [-0.3, -0.25) is 14.4 Å². The zero-order chi connectivity index (χ0) is 27.4. The molecule has 39 heavy (non-hydrogen) atoms. The van der Waals surface area contributed by atoms with Crippen molar-refractivity contribution in [1.29, 1.82) is 0 Å². The molecular weight excluding hydrogens is 494 g/mol. The Balaban J connectivity index is 1.53. The molecular formula is C30H27N5O4. The average molecular weight is 522 g/mol. The van der Waals surface area contributed by atoms with Crippen molar-refractivity contribution in [3.8, 4) is 22.6 Å². The number of carbonyl (C=O) groups excluding carboxylic acids is 1. The van der Waals surface area contributed by atoms with Crippen molar-refractivity contribution in [1.82, 2.24) is 20.0 Å². The van der Waals surface area contributed by atoms with Crippen LogP contribution < -0.4 is 21.0 Å². The minimum atomic E-state index is -0.651. The number of hydroxylamine groups is 1. The molecule has 0 fully saturated rings. The van der Waals surface area contributed by atoms with Gasteiger partial charge >= 0.3 is 0 Å². The van der Waals surface area contributed by atoms with Gasteiger partial charge in [0.25, 0.3) is 5.91 Å². The standard InChI is InChI=1S/C30H27N5O4/c1-4-19-8-14-23(15-9-19)35-18-26(29(37)34-39-3)27(36)25-17-31-30(33-28(25)35)32-22-12-10-20(11-13-22)21-6-5-7-24(16-21)38-2/h5-18H,4H2,1-3H3,(H,34,37)(H,31,32,33). The van der Waals surface area contributed by atoms with E-state index < -0.39 is 11.3 Å². The normalized spacial score (nSPS) is 10.8. The third-order valence-electron chi connectivity index (χ3n) is 6.35. The second-order valence-electron chi connectivity index (χ2n) is 8.76. The summed E-state index contributed by atoms with van der Waals surface area (Å²) in [5.74, 6) is 0.447. The monoisotopic (exact) mass is 521 g/mol. The van der Waals surface area contributed by atoms with Crippen LogP contribution in [-0.4, -0.2) is 34.7 Å². The van der Waals surface area contributed by atoms with Crippen LogP contribution in [0.15, 0.2) is 90.0 Å². The van der Waals surface area contributed by atoms with E-state index in [0.29, 0.717) is 11.6 Å². The summed E-state index contributed by atoms with van der Waals surface area (Å²) < 4.78 is 7.03. The minimum Gasteiger partial charge on any atom is -0.497 e. The van der Waals surface area contributed by atoms with Gasteiger partial charge in [0.1, 0.15) is 11.3 Å². The van der Waals surface area contributed by atoms with Crippen molar-refractivity contribution < 1.29 is 14.4 Å². The number of methoxy groups -OCH3 is 1. The Morgan fingerprint density at radius 2 is 1.74 bits per heavy atom. The number of aryl methyl sites for hydroxylation is 1. The van der Waals surface area contributed by atoms with Gasteiger partial charge in [0, 0.05) is 23.8 Å². The van der Waals surface area contributed by atoms with Crippen molar-refractivity contribution in [2.75, 3.05) is 19.5 Å². The fourth-order valence-corrected chi connectivity index (χ4v) is 4.25. The van der Waals surface area contributed by atoms with E-state index in [1.165, 1.54) is 19.5 Å². The summed E-state index contributed by atoms with van der Waals surface area (Å²) in [6.07, 6.45) is 3.79. The van der Waals surface area contributed by atoms with E-state index in [9.17, 15) is 9.59 Å². The number of hydrogen-bond acceptors (Lipinski definition) is 7. The zero-order valence-corrected chi connectivity index (χ0v) is 21.8. The van der Waals surface area contributed by atoms with E-state index in [4.69, 9.17) is 9.57 Å². The molecule has 9 nitrogen and oxygen atoms in total. The highest BCUT2D eigenvalue weighted by Crippen LogP contribution is 2.26. The van der Waals surface area contributed by atoms with Crippen molar-refractivity contribution in [3.05, 3.63) is 107 Å². The van der Waals surface area contributed by atoms with Crippen molar-refractivity contribution in [3.63, 3.8) is 0 Å². The number of aromatic nitrogens is 3. The smallest absolute Gasteiger partial charge is 0.280 e. The van der Waals surface area contributed by atoms with Gasteiger partial charge < -0.3 is 14.6 Å². The van der Waals surface area contributed by atoms with Crippen LogP contribution >= 0.6 is 0 Å². The van der Waals surface area contributed by atoms with Crippen molar-refractivity contribution in [2.24, 2.45) is 0 Å². The summed E-state index contributed by atoms with van der Waals surface area (Å²) in [6, 6.07) is 23.5. The maximum atomic E-state index is 13.2. The van der Waals surface area contributed by atoms with Gasteiger partial charge in [0.2, 0.25) is 11.4 Å². The number of nitrogens with one attached hydrogen (secondary N) is 2. The molecule has 0 saturated carbocycles. The molecule has 0 aliphatic carbocycles. The number of rotatable bonds is 8. The first-order chi connectivity index (χ1) is 19.0. The lowest BCUT2D eigenvalue weighted by molar-refractivity contribution is 0.0536. The summed E-state index contributed by atoms with van der Waals surface area (Å²) in [5, 5.41) is 3.42. The lowest BCUT2D eigenvalue weighted by atomic mass is 10.1. The van der Waals surface area contributed by atoms with Gasteiger partial charge in [-0.2, -0.15) is 4.98 Å². The number of hydrogen-bond donors (Lipinski definition) is 2. The molecule has 9 heteroatoms. The van der Waals surface area contributed by atoms with Gasteiger partial charge in [0.05, 0.1) is 19.6 Å². The number of ether oxygens (including phenoxy) is 1. The van der Waals surface area contributed by atoms with Crippen LogP contribution in [0.1, 0.15) is 22.8 Å². The number of nitrogens with zero attached hydrogens (tertiary/aromatic N) is 3. The van der Waals surface area contributed by atoms with E-state index in [-0.39, 0.29) is 10.9 Å². The molecule has 196 valence electrons. The van der Waals surface area contributed by atoms with Gasteiger partial charge in [-0.15, -0.1) is 0 Å². The molecule has 2 N–H and O–H groups in total. The van der Waals surface area contributed by atoms with Crippen molar-refractivity contribution in [2.45, 2.75) is 13.3 Å². The number of fused-ring (bicyclic) bond motifs is 1. The second-order valence-corrected chi connectivity index (χ2v) is 8.76. The molecule has 0 bridgehead atoms. The van der Waals surface area contributed by atoms with Crippen LogP contribution in [0.5, 0.6) is 5.75 Å². The van der Waals surface area contributed by atoms with Crippen molar-refractivity contribution >= 4 is 28.6 Å². The van der Waals surface area contributed by atoms with Crippen LogP contribution in [-0.2, 0) is 11.3 Å². The lowest BCUT2D eigenvalue weighted by Gasteiger charge is -2.14. The van der Waals surface area contributed by atoms with E-state index >= 15 is 0 Å². The molecule has 3 aromatic carbocycles.